The van der Waals surface area contributed by atoms with Crippen LogP contribution < -0.4 is 18.9 Å². The molecule has 0 atom stereocenters. The molecule has 16 heteroatoms. The van der Waals surface area contributed by atoms with E-state index in [-0.39, 0.29) is 0 Å². The summed E-state index contributed by atoms with van der Waals surface area (Å²) in [6.07, 6.45) is 9.30. The molecule has 13 rings (SSSR count). The molecule has 0 fully saturated rings. The first-order chi connectivity index (χ1) is 57.3. The SMILES string of the molecule is CCOCCOc1c2cc(CN(Cc3ccccc3)Cc3ccccn3)cc1Cc1cc(CN(Cc3ccccc3)Cc3ccccn3)cc(c1OCCOCC)Cc1cc(CN(Cc3ccccc3)Cc3ccccn3)cc(c1OCCOCC)Cc1cc(CN(Cc3ccccc3)Cc3ccccn3)cc(c1OCCOCC)C2. The van der Waals surface area contributed by atoms with Gasteiger partial charge in [0.1, 0.15) is 49.4 Å². The van der Waals surface area contributed by atoms with Gasteiger partial charge in [-0.15, -0.1) is 0 Å². The molecule has 1 aliphatic rings. The fourth-order valence-corrected chi connectivity index (χ4v) is 15.6. The van der Waals surface area contributed by atoms with Gasteiger partial charge in [-0.1, -0.05) is 194 Å². The van der Waals surface area contributed by atoms with Gasteiger partial charge in [0.25, 0.3) is 0 Å². The summed E-state index contributed by atoms with van der Waals surface area (Å²) in [4.78, 5) is 29.7. The van der Waals surface area contributed by atoms with Crippen molar-refractivity contribution < 1.29 is 37.9 Å². The number of ether oxygens (including phenoxy) is 8. The Morgan fingerprint density at radius 1 is 0.216 bits per heavy atom. The lowest BCUT2D eigenvalue weighted by molar-refractivity contribution is 0.108. The van der Waals surface area contributed by atoms with Crippen LogP contribution in [0.1, 0.15) is 139 Å². The highest BCUT2D eigenvalue weighted by molar-refractivity contribution is 5.59. The number of rotatable bonds is 44. The average molecular weight is 1550 g/mol. The van der Waals surface area contributed by atoms with Crippen LogP contribution in [0.5, 0.6) is 23.0 Å². The summed E-state index contributed by atoms with van der Waals surface area (Å²) in [7, 11) is 0. The van der Waals surface area contributed by atoms with Gasteiger partial charge in [-0.25, -0.2) is 0 Å². The molecule has 4 heterocycles. The van der Waals surface area contributed by atoms with Gasteiger partial charge in [-0.3, -0.25) is 39.5 Å². The largest absolute Gasteiger partial charge is 0.491 e. The summed E-state index contributed by atoms with van der Waals surface area (Å²) >= 11 is 0. The standard InChI is InChI=1S/C100H112N8O8/c1-5-109-45-49-113-97-85-53-81(69-105(65-77-29-13-9-14-30-77)73-93-37-21-25-41-101-93)54-86(97)62-88-56-83(71-107(67-79-33-17-11-18-34-79)75-95-39-23-27-43-103-95)58-90(99(88)115-51-47-111-7-3)64-92-60-84(72-108(68-80-35-19-12-20-36-80)76-96-40-24-28-44-104-96)59-91(100(92)116-52-48-112-8-4)63-89-57-82(55-87(61-85)98(89)114-50-46-110-6-2)70-106(66-78-31-15-10-16-32-78)74-94-38-22-26-42-102-94/h9-44,53-60H,5-8,45-52,61-76H2,1-4H3. The summed E-state index contributed by atoms with van der Waals surface area (Å²) in [5, 5.41) is 0. The molecule has 0 saturated heterocycles. The predicted octanol–water partition coefficient (Wildman–Crippen LogP) is 18.4. The van der Waals surface area contributed by atoms with Crippen LogP contribution in [0.3, 0.4) is 0 Å². The van der Waals surface area contributed by atoms with E-state index in [1.54, 1.807) is 0 Å². The van der Waals surface area contributed by atoms with Crippen molar-refractivity contribution in [2.45, 2.75) is 132 Å². The number of nitrogens with zero attached hydrogens (tertiary/aromatic N) is 8. The fourth-order valence-electron chi connectivity index (χ4n) is 15.6. The van der Waals surface area contributed by atoms with Crippen LogP contribution in [-0.4, -0.2) is 119 Å². The number of benzene rings is 8. The van der Waals surface area contributed by atoms with E-state index in [4.69, 9.17) is 57.8 Å². The van der Waals surface area contributed by atoms with Crippen molar-refractivity contribution >= 4 is 0 Å². The Labute approximate surface area is 687 Å². The van der Waals surface area contributed by atoms with Crippen LogP contribution in [0.25, 0.3) is 0 Å². The third kappa shape index (κ3) is 25.6. The quantitative estimate of drug-likeness (QED) is 0.0334. The van der Waals surface area contributed by atoms with E-state index < -0.39 is 0 Å². The van der Waals surface area contributed by atoms with E-state index >= 15 is 0 Å². The van der Waals surface area contributed by atoms with Crippen molar-refractivity contribution in [3.05, 3.63) is 379 Å². The molecule has 116 heavy (non-hydrogen) atoms. The van der Waals surface area contributed by atoms with Crippen molar-refractivity contribution in [1.29, 1.82) is 0 Å². The second-order valence-corrected chi connectivity index (χ2v) is 29.7. The third-order valence-corrected chi connectivity index (χ3v) is 20.5. The number of fused-ring (bicyclic) bond motifs is 8. The predicted molar refractivity (Wildman–Crippen MR) is 459 cm³/mol. The highest BCUT2D eigenvalue weighted by Gasteiger charge is 2.28. The van der Waals surface area contributed by atoms with E-state index in [2.05, 4.69) is 238 Å². The fraction of sp³-hybridized carbons (Fsp3) is 0.320. The Balaban J connectivity index is 1.09. The van der Waals surface area contributed by atoms with Gasteiger partial charge in [-0.2, -0.15) is 0 Å². The first kappa shape index (κ1) is 83.2. The molecular formula is C100H112N8O8. The first-order valence-electron chi connectivity index (χ1n) is 41.3. The zero-order valence-corrected chi connectivity index (χ0v) is 68.0. The normalized spacial score (nSPS) is 12.1. The van der Waals surface area contributed by atoms with Gasteiger partial charge < -0.3 is 37.9 Å². The lowest BCUT2D eigenvalue weighted by atomic mass is 9.88. The molecule has 0 aliphatic heterocycles. The molecular weight excluding hydrogens is 1440 g/mol. The molecule has 600 valence electrons. The van der Waals surface area contributed by atoms with E-state index in [1.807, 2.05) is 76.7 Å². The Morgan fingerprint density at radius 3 is 0.586 bits per heavy atom. The minimum atomic E-state index is 0.316. The van der Waals surface area contributed by atoms with Gasteiger partial charge in [0.05, 0.1) is 49.2 Å². The van der Waals surface area contributed by atoms with Crippen LogP contribution in [0, 0.1) is 0 Å². The van der Waals surface area contributed by atoms with Crippen molar-refractivity contribution in [1.82, 2.24) is 39.5 Å². The molecule has 8 bridgehead atoms. The molecule has 12 aromatic rings. The lowest BCUT2D eigenvalue weighted by Gasteiger charge is -2.28. The smallest absolute Gasteiger partial charge is 0.126 e. The zero-order valence-electron chi connectivity index (χ0n) is 68.0. The monoisotopic (exact) mass is 1550 g/mol. The summed E-state index contributed by atoms with van der Waals surface area (Å²) in [6, 6.07) is 87.0. The maximum absolute atomic E-state index is 7.46. The summed E-state index contributed by atoms with van der Waals surface area (Å²) < 4.78 is 54.6. The second kappa shape index (κ2) is 44.9. The van der Waals surface area contributed by atoms with E-state index in [9.17, 15) is 0 Å². The summed E-state index contributed by atoms with van der Waals surface area (Å²) in [5.41, 5.74) is 21.4. The number of hydrogen-bond acceptors (Lipinski definition) is 16. The third-order valence-electron chi connectivity index (χ3n) is 20.5. The molecule has 0 N–H and O–H groups in total. The molecule has 0 unspecified atom stereocenters. The van der Waals surface area contributed by atoms with Gasteiger partial charge >= 0.3 is 0 Å². The Morgan fingerprint density at radius 2 is 0.405 bits per heavy atom. The van der Waals surface area contributed by atoms with Crippen LogP contribution in [0.15, 0.2) is 267 Å². The Bertz CT molecular complexity index is 4010. The summed E-state index contributed by atoms with van der Waals surface area (Å²) in [5.74, 6) is 3.19. The van der Waals surface area contributed by atoms with Gasteiger partial charge in [-0.05, 0) is 165 Å². The van der Waals surface area contributed by atoms with E-state index in [0.29, 0.717) is 184 Å². The van der Waals surface area contributed by atoms with Crippen LogP contribution in [0.2, 0.25) is 0 Å². The van der Waals surface area contributed by atoms with Gasteiger partial charge in [0, 0.05) is 155 Å². The van der Waals surface area contributed by atoms with E-state index in [0.717, 1.165) is 113 Å². The summed E-state index contributed by atoms with van der Waals surface area (Å²) in [6.45, 7) is 20.8. The topological polar surface area (TPSA) is 138 Å². The van der Waals surface area contributed by atoms with Crippen LogP contribution in [-0.2, 0) is 123 Å². The molecule has 16 nitrogen and oxygen atoms in total. The van der Waals surface area contributed by atoms with Gasteiger partial charge in [0.15, 0.2) is 0 Å². The highest BCUT2D eigenvalue weighted by Crippen LogP contribution is 2.42. The molecule has 0 spiro atoms. The number of pyridine rings is 4. The van der Waals surface area contributed by atoms with Gasteiger partial charge in [0.2, 0.25) is 0 Å². The van der Waals surface area contributed by atoms with Crippen molar-refractivity contribution in [3.8, 4) is 23.0 Å². The molecule has 8 aromatic carbocycles. The van der Waals surface area contributed by atoms with Crippen molar-refractivity contribution in [2.24, 2.45) is 0 Å². The van der Waals surface area contributed by atoms with Crippen molar-refractivity contribution in [2.75, 3.05) is 79.3 Å². The minimum Gasteiger partial charge on any atom is -0.491 e. The van der Waals surface area contributed by atoms with Crippen LogP contribution >= 0.6 is 0 Å². The zero-order chi connectivity index (χ0) is 79.6. The molecule has 0 saturated carbocycles. The highest BCUT2D eigenvalue weighted by atomic mass is 16.5. The van der Waals surface area contributed by atoms with E-state index in [1.165, 1.54) is 22.3 Å². The number of hydrogen-bond donors (Lipinski definition) is 0. The average Bonchev–Trinajstić information content (AvgIpc) is 0.779. The molecule has 4 aromatic heterocycles. The Kier molecular flexibility index (Phi) is 32.2. The molecule has 0 radical (unpaired) electrons. The van der Waals surface area contributed by atoms with Crippen LogP contribution in [0.4, 0.5) is 0 Å². The first-order valence-corrected chi connectivity index (χ1v) is 41.3. The van der Waals surface area contributed by atoms with Crippen molar-refractivity contribution in [3.63, 3.8) is 0 Å². The number of aromatic nitrogens is 4. The maximum atomic E-state index is 7.46. The second-order valence-electron chi connectivity index (χ2n) is 29.7. The molecule has 0 amide bonds. The Hall–Kier alpha value is -10.8. The minimum absolute atomic E-state index is 0.316. The maximum Gasteiger partial charge on any atom is 0.126 e. The molecule has 1 aliphatic carbocycles. The lowest BCUT2D eigenvalue weighted by Crippen LogP contribution is -2.24.